The van der Waals surface area contributed by atoms with Gasteiger partial charge in [-0.05, 0) is 33.6 Å². The Morgan fingerprint density at radius 1 is 1.31 bits per heavy atom. The molecule has 0 aliphatic carbocycles. The highest BCUT2D eigenvalue weighted by Crippen LogP contribution is 2.25. The van der Waals surface area contributed by atoms with Crippen LogP contribution >= 0.6 is 0 Å². The summed E-state index contributed by atoms with van der Waals surface area (Å²) in [7, 11) is 0. The number of aromatic nitrogens is 2. The van der Waals surface area contributed by atoms with Gasteiger partial charge in [-0.3, -0.25) is 24.3 Å². The zero-order valence-corrected chi connectivity index (χ0v) is 17.7. The van der Waals surface area contributed by atoms with Crippen molar-refractivity contribution in [2.24, 2.45) is 5.92 Å². The highest BCUT2D eigenvalue weighted by molar-refractivity contribution is 5.77. The Balaban J connectivity index is 2.66. The van der Waals surface area contributed by atoms with E-state index in [9.17, 15) is 19.7 Å². The summed E-state index contributed by atoms with van der Waals surface area (Å²) in [6.07, 6.45) is -0.264. The molecule has 29 heavy (non-hydrogen) atoms. The molecule has 1 heterocycles. The van der Waals surface area contributed by atoms with Gasteiger partial charge in [-0.25, -0.2) is 4.98 Å². The number of esters is 1. The number of non-ortho nitro benzene ring substituents is 1. The van der Waals surface area contributed by atoms with Crippen LogP contribution in [0.4, 0.5) is 5.69 Å². The standard InChI is InChI=1S/C21H27N3O5/c1-13(2)12-23-14(3)22-19(15-8-7-9-16(10-15)24(27)28)17(20(23)26)11-18(25)29-21(4,5)6/h7-10,13H,11-12H2,1-6H3. The fraction of sp³-hybridized carbons (Fsp3) is 0.476. The molecule has 0 aliphatic rings. The lowest BCUT2D eigenvalue weighted by atomic mass is 10.0. The summed E-state index contributed by atoms with van der Waals surface area (Å²) < 4.78 is 6.91. The van der Waals surface area contributed by atoms with Gasteiger partial charge in [0.25, 0.3) is 11.2 Å². The van der Waals surface area contributed by atoms with E-state index >= 15 is 0 Å². The van der Waals surface area contributed by atoms with E-state index in [1.165, 1.54) is 22.8 Å². The molecule has 2 aromatic rings. The molecule has 0 N–H and O–H groups in total. The topological polar surface area (TPSA) is 104 Å². The highest BCUT2D eigenvalue weighted by Gasteiger charge is 2.23. The number of benzene rings is 1. The fourth-order valence-corrected chi connectivity index (χ4v) is 2.97. The number of carbonyl (C=O) groups excluding carboxylic acids is 1. The van der Waals surface area contributed by atoms with Gasteiger partial charge in [0.15, 0.2) is 0 Å². The minimum atomic E-state index is -0.697. The molecule has 0 aliphatic heterocycles. The van der Waals surface area contributed by atoms with E-state index in [1.807, 2.05) is 13.8 Å². The van der Waals surface area contributed by atoms with Gasteiger partial charge in [-0.15, -0.1) is 0 Å². The van der Waals surface area contributed by atoms with Gasteiger partial charge in [0.05, 0.1) is 22.6 Å². The normalized spacial score (nSPS) is 11.6. The van der Waals surface area contributed by atoms with Crippen LogP contribution < -0.4 is 5.56 Å². The molecular formula is C21H27N3O5. The number of nitro benzene ring substituents is 1. The molecule has 0 bridgehead atoms. The van der Waals surface area contributed by atoms with Gasteiger partial charge in [0.1, 0.15) is 11.4 Å². The first kappa shape index (κ1) is 22.3. The maximum absolute atomic E-state index is 13.2. The molecule has 1 aromatic carbocycles. The summed E-state index contributed by atoms with van der Waals surface area (Å²) >= 11 is 0. The monoisotopic (exact) mass is 401 g/mol. The third-order valence-corrected chi connectivity index (χ3v) is 4.07. The summed E-state index contributed by atoms with van der Waals surface area (Å²) in [6.45, 7) is 11.4. The number of ether oxygens (including phenoxy) is 1. The summed E-state index contributed by atoms with van der Waals surface area (Å²) in [4.78, 5) is 40.9. The largest absolute Gasteiger partial charge is 0.460 e. The number of nitro groups is 1. The van der Waals surface area contributed by atoms with E-state index in [0.717, 1.165) is 0 Å². The number of rotatable bonds is 6. The predicted octanol–water partition coefficient (Wildman–Crippen LogP) is 3.67. The molecule has 8 nitrogen and oxygen atoms in total. The molecule has 0 saturated carbocycles. The Bertz CT molecular complexity index is 987. The van der Waals surface area contributed by atoms with E-state index in [0.29, 0.717) is 17.9 Å². The Kier molecular flexibility index (Phi) is 6.56. The Morgan fingerprint density at radius 2 is 1.97 bits per heavy atom. The van der Waals surface area contributed by atoms with Gasteiger partial charge in [-0.2, -0.15) is 0 Å². The highest BCUT2D eigenvalue weighted by atomic mass is 16.6. The maximum Gasteiger partial charge on any atom is 0.311 e. The molecule has 0 fully saturated rings. The number of carbonyl (C=O) groups is 1. The van der Waals surface area contributed by atoms with E-state index in [4.69, 9.17) is 4.74 Å². The second-order valence-electron chi connectivity index (χ2n) is 8.37. The zero-order valence-electron chi connectivity index (χ0n) is 17.7. The third kappa shape index (κ3) is 5.73. The maximum atomic E-state index is 13.2. The lowest BCUT2D eigenvalue weighted by Crippen LogP contribution is -2.32. The minimum absolute atomic E-state index is 0.114. The molecule has 8 heteroatoms. The van der Waals surface area contributed by atoms with Crippen molar-refractivity contribution in [3.05, 3.63) is 56.1 Å². The number of hydrogen-bond donors (Lipinski definition) is 0. The van der Waals surface area contributed by atoms with Crippen molar-refractivity contribution in [2.45, 2.75) is 60.1 Å². The van der Waals surface area contributed by atoms with Crippen molar-refractivity contribution >= 4 is 11.7 Å². The van der Waals surface area contributed by atoms with Crippen molar-refractivity contribution in [3.8, 4) is 11.3 Å². The quantitative estimate of drug-likeness (QED) is 0.415. The molecule has 0 amide bonds. The first-order valence-corrected chi connectivity index (χ1v) is 9.46. The van der Waals surface area contributed by atoms with Gasteiger partial charge < -0.3 is 4.74 Å². The van der Waals surface area contributed by atoms with Crippen LogP contribution in [-0.4, -0.2) is 26.0 Å². The van der Waals surface area contributed by atoms with E-state index in [2.05, 4.69) is 4.98 Å². The van der Waals surface area contributed by atoms with Crippen molar-refractivity contribution < 1.29 is 14.5 Å². The average Bonchev–Trinajstić information content (AvgIpc) is 2.59. The SMILES string of the molecule is Cc1nc(-c2cccc([N+](=O)[O-])c2)c(CC(=O)OC(C)(C)C)c(=O)n1CC(C)C. The second-order valence-corrected chi connectivity index (χ2v) is 8.37. The molecule has 0 spiro atoms. The van der Waals surface area contributed by atoms with Crippen molar-refractivity contribution in [1.82, 2.24) is 9.55 Å². The van der Waals surface area contributed by atoms with Gasteiger partial charge >= 0.3 is 5.97 Å². The molecule has 2 rings (SSSR count). The van der Waals surface area contributed by atoms with Crippen LogP contribution in [-0.2, 0) is 22.5 Å². The Labute approximate surface area is 169 Å². The summed E-state index contributed by atoms with van der Waals surface area (Å²) in [5, 5.41) is 11.2. The van der Waals surface area contributed by atoms with Crippen LogP contribution in [0.2, 0.25) is 0 Å². The van der Waals surface area contributed by atoms with E-state index in [-0.39, 0.29) is 34.8 Å². The number of aryl methyl sites for hydroxylation is 1. The lowest BCUT2D eigenvalue weighted by molar-refractivity contribution is -0.384. The average molecular weight is 401 g/mol. The Morgan fingerprint density at radius 3 is 2.52 bits per heavy atom. The predicted molar refractivity (Wildman–Crippen MR) is 110 cm³/mol. The summed E-state index contributed by atoms with van der Waals surface area (Å²) in [6, 6.07) is 5.89. The number of hydrogen-bond acceptors (Lipinski definition) is 6. The molecule has 156 valence electrons. The second kappa shape index (κ2) is 8.55. The van der Waals surface area contributed by atoms with Gasteiger partial charge in [-0.1, -0.05) is 26.0 Å². The lowest BCUT2D eigenvalue weighted by Gasteiger charge is -2.21. The first-order chi connectivity index (χ1) is 13.4. The smallest absolute Gasteiger partial charge is 0.311 e. The zero-order chi connectivity index (χ0) is 21.9. The third-order valence-electron chi connectivity index (χ3n) is 4.07. The van der Waals surface area contributed by atoms with Crippen molar-refractivity contribution in [1.29, 1.82) is 0 Å². The minimum Gasteiger partial charge on any atom is -0.460 e. The molecule has 0 radical (unpaired) electrons. The summed E-state index contributed by atoms with van der Waals surface area (Å²) in [5.74, 6) is 0.132. The fourth-order valence-electron chi connectivity index (χ4n) is 2.97. The van der Waals surface area contributed by atoms with Gasteiger partial charge in [0, 0.05) is 24.2 Å². The van der Waals surface area contributed by atoms with Gasteiger partial charge in [0.2, 0.25) is 0 Å². The van der Waals surface area contributed by atoms with Crippen LogP contribution in [0.25, 0.3) is 11.3 Å². The Hall–Kier alpha value is -3.03. The van der Waals surface area contributed by atoms with Crippen LogP contribution in [0, 0.1) is 23.0 Å². The summed E-state index contributed by atoms with van der Waals surface area (Å²) in [5.41, 5.74) is -0.296. The van der Waals surface area contributed by atoms with E-state index in [1.54, 1.807) is 33.8 Å². The van der Waals surface area contributed by atoms with Crippen LogP contribution in [0.1, 0.15) is 46.0 Å². The molecule has 0 saturated heterocycles. The van der Waals surface area contributed by atoms with Crippen molar-refractivity contribution in [3.63, 3.8) is 0 Å². The number of nitrogens with zero attached hydrogens (tertiary/aromatic N) is 3. The first-order valence-electron chi connectivity index (χ1n) is 9.46. The van der Waals surface area contributed by atoms with Crippen LogP contribution in [0.3, 0.4) is 0 Å². The molecular weight excluding hydrogens is 374 g/mol. The molecule has 1 aromatic heterocycles. The van der Waals surface area contributed by atoms with Crippen LogP contribution in [0.5, 0.6) is 0 Å². The molecule has 0 unspecified atom stereocenters. The van der Waals surface area contributed by atoms with Crippen LogP contribution in [0.15, 0.2) is 29.1 Å². The van der Waals surface area contributed by atoms with E-state index < -0.39 is 16.5 Å². The molecule has 0 atom stereocenters. The van der Waals surface area contributed by atoms with Crippen molar-refractivity contribution in [2.75, 3.05) is 0 Å².